The number of nitrogens with zero attached hydrogens (tertiary/aromatic N) is 4. The number of fused-ring (bicyclic) bond motifs is 1. The van der Waals surface area contributed by atoms with Crippen molar-refractivity contribution in [3.8, 4) is 0 Å². The number of carbonyl (C=O) groups is 2. The van der Waals surface area contributed by atoms with Crippen molar-refractivity contribution in [2.75, 3.05) is 13.1 Å². The van der Waals surface area contributed by atoms with Crippen molar-refractivity contribution < 1.29 is 9.59 Å². The molecule has 2 aromatic rings. The molecule has 8 nitrogen and oxygen atoms in total. The van der Waals surface area contributed by atoms with Gasteiger partial charge < -0.3 is 10.6 Å². The van der Waals surface area contributed by atoms with Crippen LogP contribution in [0.25, 0.3) is 5.70 Å². The molecule has 0 atom stereocenters. The van der Waals surface area contributed by atoms with Crippen LogP contribution in [0.2, 0.25) is 0 Å². The lowest BCUT2D eigenvalue weighted by molar-refractivity contribution is -0.118. The largest absolute Gasteiger partial charge is 0.355 e. The van der Waals surface area contributed by atoms with Crippen LogP contribution in [-0.4, -0.2) is 47.2 Å². The Bertz CT molecular complexity index is 988. The molecule has 1 aromatic carbocycles. The van der Waals surface area contributed by atoms with E-state index < -0.39 is 0 Å². The summed E-state index contributed by atoms with van der Waals surface area (Å²) in [6.45, 7) is 8.49. The number of amidine groups is 1. The van der Waals surface area contributed by atoms with E-state index in [0.717, 1.165) is 28.9 Å². The average Bonchev–Trinajstić information content (AvgIpc) is 3.15. The predicted molar refractivity (Wildman–Crippen MR) is 113 cm³/mol. The van der Waals surface area contributed by atoms with Crippen molar-refractivity contribution >= 4 is 30.1 Å². The summed E-state index contributed by atoms with van der Waals surface area (Å²) in [4.78, 5) is 32.1. The van der Waals surface area contributed by atoms with E-state index in [1.54, 1.807) is 10.7 Å². The second-order valence-electron chi connectivity index (χ2n) is 6.72. The molecule has 0 saturated carbocycles. The van der Waals surface area contributed by atoms with Crippen molar-refractivity contribution in [3.05, 3.63) is 58.9 Å². The Morgan fingerprint density at radius 3 is 2.62 bits per heavy atom. The third-order valence-corrected chi connectivity index (χ3v) is 4.54. The number of aryl methyl sites for hydroxylation is 1. The monoisotopic (exact) mass is 392 g/mol. The van der Waals surface area contributed by atoms with E-state index in [1.165, 1.54) is 6.92 Å². The maximum Gasteiger partial charge on any atom is 0.271 e. The lowest BCUT2D eigenvalue weighted by Crippen LogP contribution is -2.33. The maximum atomic E-state index is 12.4. The first kappa shape index (κ1) is 20.2. The summed E-state index contributed by atoms with van der Waals surface area (Å²) >= 11 is 0. The van der Waals surface area contributed by atoms with Crippen LogP contribution in [0.1, 0.15) is 42.0 Å². The van der Waals surface area contributed by atoms with Gasteiger partial charge in [0.1, 0.15) is 0 Å². The highest BCUT2D eigenvalue weighted by Crippen LogP contribution is 2.29. The molecule has 2 amide bonds. The molecule has 0 bridgehead atoms. The van der Waals surface area contributed by atoms with Gasteiger partial charge in [0.05, 0.1) is 11.4 Å². The Balaban J connectivity index is 1.84. The molecular formula is C21H24N6O2. The SMILES string of the molecule is C=NC(=NC1=C(C)CCn2nc(C(=O)NCCNC(C)=O)cc21)c1ccccc1. The molecule has 1 aliphatic heterocycles. The van der Waals surface area contributed by atoms with Gasteiger partial charge in [-0.25, -0.2) is 9.98 Å². The third-order valence-electron chi connectivity index (χ3n) is 4.54. The molecule has 1 aliphatic rings. The lowest BCUT2D eigenvalue weighted by atomic mass is 10.1. The molecule has 8 heteroatoms. The van der Waals surface area contributed by atoms with Gasteiger partial charge in [-0.15, -0.1) is 0 Å². The molecule has 0 saturated heterocycles. The molecule has 1 aromatic heterocycles. The van der Waals surface area contributed by atoms with Crippen molar-refractivity contribution in [2.45, 2.75) is 26.8 Å². The van der Waals surface area contributed by atoms with E-state index in [9.17, 15) is 9.59 Å². The molecule has 2 heterocycles. The van der Waals surface area contributed by atoms with Crippen LogP contribution < -0.4 is 10.6 Å². The Labute approximate surface area is 169 Å². The minimum atomic E-state index is -0.289. The van der Waals surface area contributed by atoms with Crippen molar-refractivity contribution in [1.29, 1.82) is 0 Å². The van der Waals surface area contributed by atoms with E-state index in [1.807, 2.05) is 37.3 Å². The summed E-state index contributed by atoms with van der Waals surface area (Å²) in [5.41, 5.74) is 3.82. The zero-order valence-corrected chi connectivity index (χ0v) is 16.6. The highest BCUT2D eigenvalue weighted by molar-refractivity contribution is 6.04. The first-order chi connectivity index (χ1) is 14.0. The van der Waals surface area contributed by atoms with E-state index in [4.69, 9.17) is 4.99 Å². The van der Waals surface area contributed by atoms with Gasteiger partial charge in [0.25, 0.3) is 5.91 Å². The first-order valence-electron chi connectivity index (χ1n) is 9.41. The number of hydrogen-bond donors (Lipinski definition) is 2. The quantitative estimate of drug-likeness (QED) is 0.447. The molecular weight excluding hydrogens is 368 g/mol. The molecule has 0 unspecified atom stereocenters. The number of carbonyl (C=O) groups excluding carboxylic acids is 2. The number of rotatable bonds is 6. The number of hydrogen-bond acceptors (Lipinski definition) is 4. The summed E-state index contributed by atoms with van der Waals surface area (Å²) < 4.78 is 1.79. The van der Waals surface area contributed by atoms with Crippen LogP contribution >= 0.6 is 0 Å². The number of allylic oxidation sites excluding steroid dienone is 1. The second kappa shape index (κ2) is 9.09. The Morgan fingerprint density at radius 1 is 1.21 bits per heavy atom. The minimum Gasteiger partial charge on any atom is -0.355 e. The normalized spacial score (nSPS) is 13.7. The van der Waals surface area contributed by atoms with E-state index in [0.29, 0.717) is 31.2 Å². The van der Waals surface area contributed by atoms with Crippen LogP contribution in [0.15, 0.2) is 52.0 Å². The molecule has 0 aliphatic carbocycles. The Morgan fingerprint density at radius 2 is 1.93 bits per heavy atom. The van der Waals surface area contributed by atoms with Gasteiger partial charge in [-0.1, -0.05) is 30.3 Å². The van der Waals surface area contributed by atoms with Gasteiger partial charge in [-0.2, -0.15) is 5.10 Å². The number of aromatic nitrogens is 2. The maximum absolute atomic E-state index is 12.4. The van der Waals surface area contributed by atoms with Gasteiger partial charge in [0.2, 0.25) is 5.91 Å². The lowest BCUT2D eigenvalue weighted by Gasteiger charge is -2.17. The van der Waals surface area contributed by atoms with E-state index >= 15 is 0 Å². The predicted octanol–water partition coefficient (Wildman–Crippen LogP) is 2.03. The van der Waals surface area contributed by atoms with Crippen LogP contribution in [0.3, 0.4) is 0 Å². The third kappa shape index (κ3) is 4.84. The smallest absolute Gasteiger partial charge is 0.271 e. The highest BCUT2D eigenvalue weighted by atomic mass is 16.2. The number of benzene rings is 1. The Kier molecular flexibility index (Phi) is 6.33. The van der Waals surface area contributed by atoms with Gasteiger partial charge in [0, 0.05) is 32.1 Å². The molecule has 3 rings (SSSR count). The van der Waals surface area contributed by atoms with Gasteiger partial charge >= 0.3 is 0 Å². The summed E-state index contributed by atoms with van der Waals surface area (Å²) in [6.07, 6.45) is 0.788. The van der Waals surface area contributed by atoms with Crippen LogP contribution in [-0.2, 0) is 11.3 Å². The summed E-state index contributed by atoms with van der Waals surface area (Å²) in [6, 6.07) is 11.4. The molecule has 0 radical (unpaired) electrons. The molecule has 2 N–H and O–H groups in total. The van der Waals surface area contributed by atoms with E-state index in [-0.39, 0.29) is 11.8 Å². The number of nitrogens with one attached hydrogen (secondary N) is 2. The second-order valence-corrected chi connectivity index (χ2v) is 6.72. The summed E-state index contributed by atoms with van der Waals surface area (Å²) in [5.74, 6) is 0.101. The zero-order chi connectivity index (χ0) is 20.8. The molecule has 29 heavy (non-hydrogen) atoms. The highest BCUT2D eigenvalue weighted by Gasteiger charge is 2.22. The minimum absolute atomic E-state index is 0.134. The van der Waals surface area contributed by atoms with Crippen LogP contribution in [0.4, 0.5) is 0 Å². The van der Waals surface area contributed by atoms with Gasteiger partial charge in [-0.05, 0) is 31.7 Å². The molecule has 0 fully saturated rings. The number of amides is 2. The average molecular weight is 392 g/mol. The number of aliphatic imine (C=N–C) groups is 2. The standard InChI is InChI=1S/C21H24N6O2/c1-14-9-12-27-18(13-17(26-27)21(29)24-11-10-23-15(2)28)19(14)25-20(22-3)16-7-5-4-6-8-16/h4-8,13H,3,9-12H2,1-2H3,(H,23,28)(H,24,29). The van der Waals surface area contributed by atoms with Crippen molar-refractivity contribution in [1.82, 2.24) is 20.4 Å². The van der Waals surface area contributed by atoms with Crippen LogP contribution in [0, 0.1) is 0 Å². The summed E-state index contributed by atoms with van der Waals surface area (Å²) in [7, 11) is 0. The first-order valence-corrected chi connectivity index (χ1v) is 9.41. The van der Waals surface area contributed by atoms with Crippen molar-refractivity contribution in [2.24, 2.45) is 9.98 Å². The van der Waals surface area contributed by atoms with Crippen molar-refractivity contribution in [3.63, 3.8) is 0 Å². The fraction of sp³-hybridized carbons (Fsp3) is 0.286. The van der Waals surface area contributed by atoms with Gasteiger partial charge in [-0.3, -0.25) is 14.3 Å². The molecule has 0 spiro atoms. The van der Waals surface area contributed by atoms with E-state index in [2.05, 4.69) is 27.4 Å². The summed E-state index contributed by atoms with van der Waals surface area (Å²) in [5, 5.41) is 9.82. The molecule has 150 valence electrons. The van der Waals surface area contributed by atoms with Gasteiger partial charge in [0.15, 0.2) is 11.5 Å². The fourth-order valence-corrected chi connectivity index (χ4v) is 3.04. The Hall–Kier alpha value is -3.55. The topological polar surface area (TPSA) is 101 Å². The zero-order valence-electron chi connectivity index (χ0n) is 16.6. The fourth-order valence-electron chi connectivity index (χ4n) is 3.04. The van der Waals surface area contributed by atoms with Crippen LogP contribution in [0.5, 0.6) is 0 Å².